The number of benzene rings is 2. The van der Waals surface area contributed by atoms with E-state index < -0.39 is 0 Å². The summed E-state index contributed by atoms with van der Waals surface area (Å²) in [5, 5.41) is 2.08. The lowest BCUT2D eigenvalue weighted by Gasteiger charge is -2.08. The Hall–Kier alpha value is -3.51. The topological polar surface area (TPSA) is 77.6 Å². The molecule has 2 aromatic carbocycles. The zero-order valence-electron chi connectivity index (χ0n) is 18.7. The molecule has 0 radical (unpaired) electrons. The van der Waals surface area contributed by atoms with Crippen LogP contribution in [0.3, 0.4) is 0 Å². The second-order valence-electron chi connectivity index (χ2n) is 7.73. The lowest BCUT2D eigenvalue weighted by atomic mass is 10.1. The Balaban J connectivity index is 1.72. The highest BCUT2D eigenvalue weighted by atomic mass is 16.5. The van der Waals surface area contributed by atoms with E-state index in [-0.39, 0.29) is 0 Å². The molecule has 0 amide bonds. The van der Waals surface area contributed by atoms with Crippen molar-refractivity contribution in [3.8, 4) is 22.8 Å². The van der Waals surface area contributed by atoms with Gasteiger partial charge in [0, 0.05) is 23.8 Å². The van der Waals surface area contributed by atoms with Crippen LogP contribution in [0.2, 0.25) is 0 Å². The fourth-order valence-corrected chi connectivity index (χ4v) is 3.77. The van der Waals surface area contributed by atoms with Gasteiger partial charge in [-0.25, -0.2) is 0 Å². The van der Waals surface area contributed by atoms with Crippen LogP contribution in [0.25, 0.3) is 22.3 Å². The van der Waals surface area contributed by atoms with Gasteiger partial charge >= 0.3 is 0 Å². The predicted molar refractivity (Wildman–Crippen MR) is 129 cm³/mol. The van der Waals surface area contributed by atoms with Gasteiger partial charge in [0.25, 0.3) is 0 Å². The number of hydrogen-bond donors (Lipinski definition) is 2. The molecule has 4 rings (SSSR count). The first-order chi connectivity index (χ1) is 15.7. The number of aromatic amines is 1. The zero-order valence-corrected chi connectivity index (χ0v) is 18.7. The van der Waals surface area contributed by atoms with Gasteiger partial charge in [0.15, 0.2) is 0 Å². The van der Waals surface area contributed by atoms with E-state index >= 15 is 0 Å². The minimum atomic E-state index is 0.610. The van der Waals surface area contributed by atoms with Crippen LogP contribution >= 0.6 is 0 Å². The van der Waals surface area contributed by atoms with E-state index in [9.17, 15) is 0 Å². The second kappa shape index (κ2) is 10.2. The van der Waals surface area contributed by atoms with Crippen molar-refractivity contribution in [3.05, 3.63) is 77.8 Å². The third-order valence-electron chi connectivity index (χ3n) is 5.62. The maximum absolute atomic E-state index is 5.70. The van der Waals surface area contributed by atoms with Crippen LogP contribution in [0.15, 0.2) is 71.9 Å². The highest BCUT2D eigenvalue weighted by molar-refractivity contribution is 5.83. The Morgan fingerprint density at radius 3 is 2.25 bits per heavy atom. The number of aromatic nitrogens is 2. The number of ether oxygens (including phenoxy) is 2. The molecule has 0 fully saturated rings. The molecule has 0 atom stereocenters. The van der Waals surface area contributed by atoms with Crippen molar-refractivity contribution in [1.82, 2.24) is 9.55 Å². The fraction of sp³-hybridized carbons (Fsp3) is 0.269. The normalized spacial score (nSPS) is 11.8. The first-order valence-electron chi connectivity index (χ1n) is 10.9. The van der Waals surface area contributed by atoms with Gasteiger partial charge in [-0.1, -0.05) is 12.1 Å². The second-order valence-corrected chi connectivity index (χ2v) is 7.73. The average Bonchev–Trinajstić information content (AvgIpc) is 3.30. The molecule has 32 heavy (non-hydrogen) atoms. The number of pyridine rings is 1. The average molecular weight is 431 g/mol. The van der Waals surface area contributed by atoms with Crippen molar-refractivity contribution < 1.29 is 9.47 Å². The van der Waals surface area contributed by atoms with Crippen LogP contribution in [-0.4, -0.2) is 30.3 Å². The molecule has 0 unspecified atom stereocenters. The number of rotatable bonds is 9. The van der Waals surface area contributed by atoms with Crippen LogP contribution in [0.4, 0.5) is 0 Å². The summed E-state index contributed by atoms with van der Waals surface area (Å²) in [5.74, 6) is 1.70. The largest absolute Gasteiger partial charge is 0.497 e. The fourth-order valence-electron chi connectivity index (χ4n) is 3.77. The predicted octanol–water partition coefficient (Wildman–Crippen LogP) is 4.49. The van der Waals surface area contributed by atoms with E-state index in [1.807, 2.05) is 24.3 Å². The van der Waals surface area contributed by atoms with E-state index in [0.29, 0.717) is 13.1 Å². The minimum Gasteiger partial charge on any atom is -0.497 e. The molecule has 6 heteroatoms. The van der Waals surface area contributed by atoms with Gasteiger partial charge in [0.1, 0.15) is 17.1 Å². The highest BCUT2D eigenvalue weighted by Gasteiger charge is 2.09. The molecular weight excluding hydrogens is 400 g/mol. The van der Waals surface area contributed by atoms with Crippen molar-refractivity contribution in [2.45, 2.75) is 25.9 Å². The Morgan fingerprint density at radius 2 is 1.59 bits per heavy atom. The summed E-state index contributed by atoms with van der Waals surface area (Å²) in [6.07, 6.45) is 4.15. The van der Waals surface area contributed by atoms with Gasteiger partial charge in [-0.15, -0.1) is 0 Å². The summed E-state index contributed by atoms with van der Waals surface area (Å²) in [7, 11) is 3.36. The summed E-state index contributed by atoms with van der Waals surface area (Å²) in [6, 6.07) is 20.4. The first kappa shape index (κ1) is 21.7. The number of H-pyrrole nitrogens is 1. The van der Waals surface area contributed by atoms with Crippen molar-refractivity contribution >= 4 is 11.0 Å². The molecule has 166 valence electrons. The summed E-state index contributed by atoms with van der Waals surface area (Å²) < 4.78 is 12.8. The van der Waals surface area contributed by atoms with Crippen molar-refractivity contribution in [2.24, 2.45) is 10.7 Å². The molecule has 0 saturated carbocycles. The van der Waals surface area contributed by atoms with Crippen molar-refractivity contribution in [2.75, 3.05) is 20.8 Å². The Labute approximate surface area is 188 Å². The van der Waals surface area contributed by atoms with Crippen LogP contribution in [0, 0.1) is 0 Å². The van der Waals surface area contributed by atoms with Crippen LogP contribution in [0.1, 0.15) is 18.4 Å². The van der Waals surface area contributed by atoms with E-state index in [2.05, 4.69) is 52.1 Å². The van der Waals surface area contributed by atoms with Gasteiger partial charge in [-0.3, -0.25) is 4.99 Å². The summed E-state index contributed by atoms with van der Waals surface area (Å²) in [4.78, 5) is 8.53. The van der Waals surface area contributed by atoms with Crippen molar-refractivity contribution in [3.63, 3.8) is 0 Å². The van der Waals surface area contributed by atoms with E-state index in [1.165, 1.54) is 0 Å². The molecule has 4 aromatic rings. The lowest BCUT2D eigenvalue weighted by Crippen LogP contribution is -2.10. The standard InChI is InChI=1S/C26H30N4O2/c1-31-21-9-5-19(6-10-21)18-28-24-13-16-30(15-4-3-14-27)26-23(24)17-25(29-26)20-7-11-22(32-2)12-8-20/h5-13,16-17,29H,3-4,14-15,18,27H2,1-2H3. The summed E-state index contributed by atoms with van der Waals surface area (Å²) >= 11 is 0. The SMILES string of the molecule is COc1ccc(CN=c2ccn(CCCCN)c3[nH]c(-c4ccc(OC)cc4)cc23)cc1. The van der Waals surface area contributed by atoms with E-state index in [0.717, 1.165) is 64.1 Å². The number of aryl methyl sites for hydroxylation is 1. The van der Waals surface area contributed by atoms with Crippen LogP contribution < -0.4 is 20.6 Å². The quantitative estimate of drug-likeness (QED) is 0.384. The molecule has 0 aliphatic carbocycles. The maximum Gasteiger partial charge on any atom is 0.120 e. The molecule has 3 N–H and O–H groups in total. The van der Waals surface area contributed by atoms with Crippen molar-refractivity contribution in [1.29, 1.82) is 0 Å². The van der Waals surface area contributed by atoms with Gasteiger partial charge < -0.3 is 24.8 Å². The molecule has 0 saturated heterocycles. The Kier molecular flexibility index (Phi) is 6.92. The number of nitrogens with one attached hydrogen (secondary N) is 1. The van der Waals surface area contributed by atoms with E-state index in [4.69, 9.17) is 20.2 Å². The highest BCUT2D eigenvalue weighted by Crippen LogP contribution is 2.25. The van der Waals surface area contributed by atoms with Gasteiger partial charge in [-0.05, 0) is 79.0 Å². The lowest BCUT2D eigenvalue weighted by molar-refractivity contribution is 0.414. The summed E-state index contributed by atoms with van der Waals surface area (Å²) in [5.41, 5.74) is 10.1. The maximum atomic E-state index is 5.70. The molecule has 0 aliphatic heterocycles. The third kappa shape index (κ3) is 4.86. The summed E-state index contributed by atoms with van der Waals surface area (Å²) in [6.45, 7) is 2.23. The number of hydrogen-bond acceptors (Lipinski definition) is 4. The minimum absolute atomic E-state index is 0.610. The number of nitrogens with two attached hydrogens (primary N) is 1. The molecule has 0 bridgehead atoms. The molecule has 2 aromatic heterocycles. The molecule has 0 aliphatic rings. The monoisotopic (exact) mass is 430 g/mol. The number of fused-ring (bicyclic) bond motifs is 1. The van der Waals surface area contributed by atoms with Crippen LogP contribution in [-0.2, 0) is 13.1 Å². The molecule has 2 heterocycles. The number of unbranched alkanes of at least 4 members (excludes halogenated alkanes) is 1. The zero-order chi connectivity index (χ0) is 22.3. The number of nitrogens with zero attached hydrogens (tertiary/aromatic N) is 2. The molecule has 0 spiro atoms. The van der Waals surface area contributed by atoms with Gasteiger partial charge in [0.2, 0.25) is 0 Å². The Bertz CT molecular complexity index is 1220. The van der Waals surface area contributed by atoms with Gasteiger partial charge in [0.05, 0.1) is 26.1 Å². The smallest absolute Gasteiger partial charge is 0.120 e. The number of methoxy groups -OCH3 is 2. The molecule has 6 nitrogen and oxygen atoms in total. The third-order valence-corrected chi connectivity index (χ3v) is 5.62. The van der Waals surface area contributed by atoms with E-state index in [1.54, 1.807) is 14.2 Å². The molecular formula is C26H30N4O2. The first-order valence-corrected chi connectivity index (χ1v) is 10.9. The van der Waals surface area contributed by atoms with Crippen LogP contribution in [0.5, 0.6) is 11.5 Å². The Morgan fingerprint density at radius 1 is 0.906 bits per heavy atom. The van der Waals surface area contributed by atoms with Gasteiger partial charge in [-0.2, -0.15) is 0 Å².